The first-order valence-corrected chi connectivity index (χ1v) is 5.63. The Kier molecular flexibility index (Phi) is 3.00. The van der Waals surface area contributed by atoms with Crippen LogP contribution in [0, 0.1) is 0 Å². The summed E-state index contributed by atoms with van der Waals surface area (Å²) in [6.07, 6.45) is -2.62. The van der Waals surface area contributed by atoms with Crippen molar-refractivity contribution in [2.75, 3.05) is 18.5 Å². The fourth-order valence-corrected chi connectivity index (χ4v) is 2.35. The molecule has 0 saturated carbocycles. The van der Waals surface area contributed by atoms with Gasteiger partial charge in [0.1, 0.15) is 6.54 Å². The molecule has 0 saturated heterocycles. The van der Waals surface area contributed by atoms with Crippen LogP contribution in [0.5, 0.6) is 0 Å². The Balaban J connectivity index is 2.37. The summed E-state index contributed by atoms with van der Waals surface area (Å²) in [5.74, 6) is 0.164. The Bertz CT molecular complexity index is 519. The van der Waals surface area contributed by atoms with Gasteiger partial charge in [0.05, 0.1) is 12.3 Å². The number of hydrogen-bond donors (Lipinski definition) is 1. The molecular formula is C9H10F3N3OS. The first kappa shape index (κ1) is 12.2. The zero-order chi connectivity index (χ0) is 12.6. The van der Waals surface area contributed by atoms with E-state index in [2.05, 4.69) is 4.98 Å². The molecule has 0 aliphatic rings. The Labute approximate surface area is 98.9 Å². The van der Waals surface area contributed by atoms with Crippen molar-refractivity contribution >= 4 is 22.1 Å². The fraction of sp³-hybridized carbons (Fsp3) is 0.444. The molecule has 0 aromatic carbocycles. The topological polar surface area (TPSA) is 40.8 Å². The SMILES string of the molecule is CN(CC(F)(F)F)c1nc2sccn2c1CO. The van der Waals surface area contributed by atoms with Crippen molar-refractivity contribution in [3.8, 4) is 0 Å². The first-order valence-electron chi connectivity index (χ1n) is 4.75. The van der Waals surface area contributed by atoms with E-state index in [1.165, 1.54) is 18.4 Å². The van der Waals surface area contributed by atoms with Crippen molar-refractivity contribution in [1.82, 2.24) is 9.38 Å². The van der Waals surface area contributed by atoms with E-state index >= 15 is 0 Å². The standard InChI is InChI=1S/C9H10F3N3OS/c1-14(5-9(10,11)12)7-6(4-16)15-2-3-17-8(15)13-7/h2-3,16H,4-5H2,1H3. The highest BCUT2D eigenvalue weighted by Crippen LogP contribution is 2.26. The van der Waals surface area contributed by atoms with Gasteiger partial charge in [0.25, 0.3) is 0 Å². The smallest absolute Gasteiger partial charge is 0.390 e. The predicted octanol–water partition coefficient (Wildman–Crippen LogP) is 1.89. The number of nitrogens with zero attached hydrogens (tertiary/aromatic N) is 3. The van der Waals surface area contributed by atoms with Crippen LogP contribution < -0.4 is 4.90 Å². The number of fused-ring (bicyclic) bond motifs is 1. The van der Waals surface area contributed by atoms with Crippen molar-refractivity contribution in [3.05, 3.63) is 17.3 Å². The van der Waals surface area contributed by atoms with E-state index in [-0.39, 0.29) is 12.4 Å². The molecule has 0 amide bonds. The lowest BCUT2D eigenvalue weighted by atomic mass is 10.4. The first-order chi connectivity index (χ1) is 7.92. The number of alkyl halides is 3. The average molecular weight is 265 g/mol. The molecule has 4 nitrogen and oxygen atoms in total. The van der Waals surface area contributed by atoms with Crippen LogP contribution in [0.2, 0.25) is 0 Å². The van der Waals surface area contributed by atoms with E-state index in [0.29, 0.717) is 10.7 Å². The molecule has 0 spiro atoms. The lowest BCUT2D eigenvalue weighted by molar-refractivity contribution is -0.119. The van der Waals surface area contributed by atoms with E-state index in [9.17, 15) is 18.3 Å². The summed E-state index contributed by atoms with van der Waals surface area (Å²) in [6.45, 7) is -1.44. The van der Waals surface area contributed by atoms with E-state index < -0.39 is 12.7 Å². The third-order valence-electron chi connectivity index (χ3n) is 2.27. The summed E-state index contributed by atoms with van der Waals surface area (Å²) in [6, 6.07) is 0. The van der Waals surface area contributed by atoms with Crippen LogP contribution in [0.3, 0.4) is 0 Å². The molecule has 8 heteroatoms. The van der Waals surface area contributed by atoms with Gasteiger partial charge in [-0.05, 0) is 0 Å². The molecule has 1 N–H and O–H groups in total. The van der Waals surface area contributed by atoms with Crippen molar-refractivity contribution in [3.63, 3.8) is 0 Å². The summed E-state index contributed by atoms with van der Waals surface area (Å²) >= 11 is 1.31. The van der Waals surface area contributed by atoms with E-state index in [1.54, 1.807) is 16.0 Å². The minimum absolute atomic E-state index is 0.164. The minimum atomic E-state index is -4.29. The summed E-state index contributed by atoms with van der Waals surface area (Å²) in [5.41, 5.74) is 0.369. The number of aromatic nitrogens is 2. The predicted molar refractivity (Wildman–Crippen MR) is 58.3 cm³/mol. The molecule has 94 valence electrons. The zero-order valence-electron chi connectivity index (χ0n) is 8.90. The Hall–Kier alpha value is -1.28. The third-order valence-corrected chi connectivity index (χ3v) is 3.02. The summed E-state index contributed by atoms with van der Waals surface area (Å²) in [5, 5.41) is 11.0. The van der Waals surface area contributed by atoms with Gasteiger partial charge in [-0.15, -0.1) is 11.3 Å². The number of thiazole rings is 1. The number of anilines is 1. The van der Waals surface area contributed by atoms with E-state index in [4.69, 9.17) is 0 Å². The second kappa shape index (κ2) is 4.19. The van der Waals surface area contributed by atoms with Crippen LogP contribution in [0.1, 0.15) is 5.69 Å². The molecule has 0 bridgehead atoms. The molecule has 2 aromatic rings. The summed E-state index contributed by atoms with van der Waals surface area (Å²) in [4.78, 5) is 5.63. The van der Waals surface area contributed by atoms with Gasteiger partial charge in [-0.1, -0.05) is 0 Å². The minimum Gasteiger partial charge on any atom is -0.390 e. The molecule has 0 atom stereocenters. The number of rotatable bonds is 3. The highest BCUT2D eigenvalue weighted by Gasteiger charge is 2.31. The van der Waals surface area contributed by atoms with Crippen LogP contribution in [0.25, 0.3) is 4.96 Å². The van der Waals surface area contributed by atoms with Crippen LogP contribution in [0.4, 0.5) is 19.0 Å². The number of aliphatic hydroxyl groups is 1. The quantitative estimate of drug-likeness (QED) is 0.921. The van der Waals surface area contributed by atoms with Crippen LogP contribution in [0.15, 0.2) is 11.6 Å². The molecule has 0 aliphatic heterocycles. The van der Waals surface area contributed by atoms with Crippen LogP contribution >= 0.6 is 11.3 Å². The number of imidazole rings is 1. The number of aliphatic hydroxyl groups excluding tert-OH is 1. The number of halogens is 3. The molecule has 2 aromatic heterocycles. The van der Waals surface area contributed by atoms with Crippen LogP contribution in [-0.2, 0) is 6.61 Å². The Morgan fingerprint density at radius 2 is 2.24 bits per heavy atom. The third kappa shape index (κ3) is 2.37. The normalized spacial score (nSPS) is 12.3. The molecule has 0 aliphatic carbocycles. The Morgan fingerprint density at radius 1 is 1.53 bits per heavy atom. The maximum atomic E-state index is 12.3. The van der Waals surface area contributed by atoms with Gasteiger partial charge in [0.15, 0.2) is 10.8 Å². The molecular weight excluding hydrogens is 255 g/mol. The van der Waals surface area contributed by atoms with Crippen molar-refractivity contribution in [2.45, 2.75) is 12.8 Å². The van der Waals surface area contributed by atoms with Gasteiger partial charge in [-0.3, -0.25) is 4.40 Å². The van der Waals surface area contributed by atoms with Gasteiger partial charge >= 0.3 is 6.18 Å². The highest BCUT2D eigenvalue weighted by molar-refractivity contribution is 7.15. The van der Waals surface area contributed by atoms with Gasteiger partial charge in [0.2, 0.25) is 0 Å². The lowest BCUT2D eigenvalue weighted by Gasteiger charge is -2.19. The van der Waals surface area contributed by atoms with Gasteiger partial charge in [0, 0.05) is 18.6 Å². The van der Waals surface area contributed by atoms with Gasteiger partial charge in [-0.25, -0.2) is 4.98 Å². The summed E-state index contributed by atoms with van der Waals surface area (Å²) in [7, 11) is 1.30. The fourth-order valence-electron chi connectivity index (χ4n) is 1.62. The van der Waals surface area contributed by atoms with Crippen LogP contribution in [-0.4, -0.2) is 34.3 Å². The monoisotopic (exact) mass is 265 g/mol. The largest absolute Gasteiger partial charge is 0.405 e. The van der Waals surface area contributed by atoms with Crippen molar-refractivity contribution < 1.29 is 18.3 Å². The second-order valence-electron chi connectivity index (χ2n) is 3.57. The zero-order valence-corrected chi connectivity index (χ0v) is 9.72. The molecule has 0 unspecified atom stereocenters. The maximum Gasteiger partial charge on any atom is 0.405 e. The lowest BCUT2D eigenvalue weighted by Crippen LogP contribution is -2.31. The van der Waals surface area contributed by atoms with Crippen molar-refractivity contribution in [2.24, 2.45) is 0 Å². The summed E-state index contributed by atoms with van der Waals surface area (Å²) < 4.78 is 38.4. The second-order valence-corrected chi connectivity index (χ2v) is 4.44. The van der Waals surface area contributed by atoms with E-state index in [0.717, 1.165) is 4.90 Å². The highest BCUT2D eigenvalue weighted by atomic mass is 32.1. The van der Waals surface area contributed by atoms with E-state index in [1.807, 2.05) is 0 Å². The number of hydrogen-bond acceptors (Lipinski definition) is 4. The Morgan fingerprint density at radius 3 is 2.82 bits per heavy atom. The molecule has 2 heterocycles. The molecule has 0 fully saturated rings. The average Bonchev–Trinajstić information content (AvgIpc) is 2.72. The van der Waals surface area contributed by atoms with Crippen molar-refractivity contribution in [1.29, 1.82) is 0 Å². The van der Waals surface area contributed by atoms with Gasteiger partial charge < -0.3 is 10.0 Å². The molecule has 2 rings (SSSR count). The molecule has 17 heavy (non-hydrogen) atoms. The molecule has 0 radical (unpaired) electrons. The maximum absolute atomic E-state index is 12.3. The van der Waals surface area contributed by atoms with Gasteiger partial charge in [-0.2, -0.15) is 13.2 Å².